The maximum absolute atomic E-state index is 13.5. The fourth-order valence-electron chi connectivity index (χ4n) is 5.21. The number of ether oxygens (including phenoxy) is 2. The number of aryl methyl sites for hydroxylation is 1. The number of aromatic hydroxyl groups is 1. The minimum Gasteiger partial charge on any atom is -0.756 e. The minimum absolute atomic E-state index is 0.0602. The minimum atomic E-state index is -4.78. The fourth-order valence-corrected chi connectivity index (χ4v) is 6.25. The summed E-state index contributed by atoms with van der Waals surface area (Å²) in [6.07, 6.45) is 8.67. The molecule has 1 aromatic carbocycles. The zero-order valence-electron chi connectivity index (χ0n) is 23.1. The van der Waals surface area contributed by atoms with Crippen LogP contribution in [-0.4, -0.2) is 37.0 Å². The molecule has 3 atom stereocenters. The third-order valence-electron chi connectivity index (χ3n) is 7.52. The summed E-state index contributed by atoms with van der Waals surface area (Å²) in [5.74, 6) is -0.664. The van der Waals surface area contributed by atoms with Crippen LogP contribution in [0.15, 0.2) is 35.9 Å². The van der Waals surface area contributed by atoms with Gasteiger partial charge in [-0.05, 0) is 82.4 Å². The van der Waals surface area contributed by atoms with Gasteiger partial charge < -0.3 is 24.0 Å². The summed E-state index contributed by atoms with van der Waals surface area (Å²) in [5.41, 5.74) is 1.89. The standard InChI is InChI=1S/C29H43O8P/c1-6-7-8-10-22-18-25(30)27(24-17-21(4)11-12-23(24)20(2)3)26(19-22)36-28(31)29(13-9-14-29)37-38(32,33)35-16-15-34-5/h17-19,23-24,30H,2,6-16H2,1,3-5H3,(H,32,33)/p-1/t23-,24+/m0/s1. The number of carbonyl (C=O) groups is 1. The van der Waals surface area contributed by atoms with Crippen LogP contribution in [0.3, 0.4) is 0 Å². The molecular formula is C29H42O8P-. The number of carbonyl (C=O) groups excluding carboxylic acids is 1. The molecule has 212 valence electrons. The lowest BCUT2D eigenvalue weighted by Crippen LogP contribution is -2.50. The van der Waals surface area contributed by atoms with Gasteiger partial charge in [0.25, 0.3) is 7.82 Å². The first-order valence-electron chi connectivity index (χ1n) is 13.6. The van der Waals surface area contributed by atoms with Crippen LogP contribution in [0.4, 0.5) is 0 Å². The molecule has 3 rings (SSSR count). The van der Waals surface area contributed by atoms with Gasteiger partial charge in [0.05, 0.1) is 13.2 Å². The molecule has 1 aromatic rings. The van der Waals surface area contributed by atoms with E-state index in [1.165, 1.54) is 12.7 Å². The first-order valence-corrected chi connectivity index (χ1v) is 15.0. The number of phosphoric acid groups is 1. The highest BCUT2D eigenvalue weighted by molar-refractivity contribution is 7.46. The number of esters is 1. The number of phosphoric ester groups is 1. The Balaban J connectivity index is 1.97. The summed E-state index contributed by atoms with van der Waals surface area (Å²) in [5, 5.41) is 11.3. The van der Waals surface area contributed by atoms with Crippen LogP contribution in [-0.2, 0) is 29.6 Å². The van der Waals surface area contributed by atoms with Gasteiger partial charge in [0.1, 0.15) is 11.5 Å². The summed E-state index contributed by atoms with van der Waals surface area (Å²) in [6, 6.07) is 3.55. The monoisotopic (exact) mass is 549 g/mol. The second kappa shape index (κ2) is 13.4. The van der Waals surface area contributed by atoms with Crippen molar-refractivity contribution in [2.24, 2.45) is 5.92 Å². The number of unbranched alkanes of at least 4 members (excludes halogenated alkanes) is 2. The van der Waals surface area contributed by atoms with E-state index in [2.05, 4.69) is 26.5 Å². The van der Waals surface area contributed by atoms with Crippen molar-refractivity contribution in [3.63, 3.8) is 0 Å². The molecule has 0 radical (unpaired) electrons. The highest BCUT2D eigenvalue weighted by Crippen LogP contribution is 2.52. The van der Waals surface area contributed by atoms with E-state index in [1.807, 2.05) is 6.92 Å². The second-order valence-electron chi connectivity index (χ2n) is 10.6. The van der Waals surface area contributed by atoms with Crippen molar-refractivity contribution in [2.45, 2.75) is 90.1 Å². The SMILES string of the molecule is C=C(C)[C@@H]1CCC(C)=C[C@H]1c1c(O)cc(CCCCC)cc1OC(=O)C1(OP(=O)([O-])OCCOC)CCC1. The molecule has 0 saturated heterocycles. The Bertz CT molecular complexity index is 1070. The van der Waals surface area contributed by atoms with Crippen LogP contribution < -0.4 is 9.63 Å². The van der Waals surface area contributed by atoms with Gasteiger partial charge in [0, 0.05) is 18.6 Å². The Labute approximate surface area is 226 Å². The quantitative estimate of drug-likeness (QED) is 0.0971. The van der Waals surface area contributed by atoms with E-state index >= 15 is 0 Å². The molecule has 2 aliphatic carbocycles. The van der Waals surface area contributed by atoms with E-state index in [1.54, 1.807) is 12.1 Å². The van der Waals surface area contributed by atoms with Crippen molar-refractivity contribution in [1.82, 2.24) is 0 Å². The topological polar surface area (TPSA) is 114 Å². The van der Waals surface area contributed by atoms with Gasteiger partial charge in [-0.2, -0.15) is 0 Å². The van der Waals surface area contributed by atoms with Crippen LogP contribution in [0.2, 0.25) is 0 Å². The molecule has 9 heteroatoms. The maximum atomic E-state index is 13.5. The van der Waals surface area contributed by atoms with E-state index < -0.39 is 19.4 Å². The molecule has 38 heavy (non-hydrogen) atoms. The van der Waals surface area contributed by atoms with Crippen LogP contribution in [0.25, 0.3) is 0 Å². The molecule has 1 unspecified atom stereocenters. The summed E-state index contributed by atoms with van der Waals surface area (Å²) >= 11 is 0. The molecule has 1 fully saturated rings. The van der Waals surface area contributed by atoms with Crippen molar-refractivity contribution in [1.29, 1.82) is 0 Å². The summed E-state index contributed by atoms with van der Waals surface area (Å²) < 4.78 is 33.4. The molecule has 0 spiro atoms. The van der Waals surface area contributed by atoms with Crippen LogP contribution in [0.5, 0.6) is 11.5 Å². The van der Waals surface area contributed by atoms with E-state index in [-0.39, 0.29) is 49.4 Å². The fraction of sp³-hybridized carbons (Fsp3) is 0.621. The van der Waals surface area contributed by atoms with Crippen LogP contribution >= 0.6 is 7.82 Å². The lowest BCUT2D eigenvalue weighted by molar-refractivity contribution is -0.243. The van der Waals surface area contributed by atoms with Gasteiger partial charge in [-0.1, -0.05) is 43.6 Å². The number of methoxy groups -OCH3 is 1. The molecule has 1 saturated carbocycles. The lowest BCUT2D eigenvalue weighted by atomic mass is 9.73. The zero-order chi connectivity index (χ0) is 27.9. The van der Waals surface area contributed by atoms with Crippen molar-refractivity contribution < 1.29 is 37.9 Å². The molecule has 0 amide bonds. The Hall–Kier alpha value is -1.96. The van der Waals surface area contributed by atoms with Gasteiger partial charge in [-0.25, -0.2) is 4.79 Å². The van der Waals surface area contributed by atoms with E-state index in [4.69, 9.17) is 18.5 Å². The number of rotatable bonds is 14. The van der Waals surface area contributed by atoms with Gasteiger partial charge >= 0.3 is 5.97 Å². The van der Waals surface area contributed by atoms with Gasteiger partial charge in [0.15, 0.2) is 5.60 Å². The van der Waals surface area contributed by atoms with Crippen molar-refractivity contribution in [3.05, 3.63) is 47.1 Å². The average Bonchev–Trinajstić information content (AvgIpc) is 2.81. The zero-order valence-corrected chi connectivity index (χ0v) is 24.0. The summed E-state index contributed by atoms with van der Waals surface area (Å²) in [7, 11) is -3.35. The molecule has 1 N–H and O–H groups in total. The van der Waals surface area contributed by atoms with E-state index in [0.717, 1.165) is 49.7 Å². The molecule has 0 bridgehead atoms. The van der Waals surface area contributed by atoms with Gasteiger partial charge in [-0.3, -0.25) is 9.09 Å². The number of benzene rings is 1. The molecule has 0 aliphatic heterocycles. The highest BCUT2D eigenvalue weighted by Gasteiger charge is 2.50. The summed E-state index contributed by atoms with van der Waals surface area (Å²) in [4.78, 5) is 26.0. The van der Waals surface area contributed by atoms with Gasteiger partial charge in [0.2, 0.25) is 0 Å². The number of hydrogen-bond acceptors (Lipinski definition) is 8. The number of phenolic OH excluding ortho intramolecular Hbond substituents is 1. The van der Waals surface area contributed by atoms with E-state index in [9.17, 15) is 19.4 Å². The highest BCUT2D eigenvalue weighted by atomic mass is 31.2. The number of hydrogen-bond donors (Lipinski definition) is 1. The van der Waals surface area contributed by atoms with Crippen molar-refractivity contribution >= 4 is 13.8 Å². The third-order valence-corrected chi connectivity index (χ3v) is 8.59. The van der Waals surface area contributed by atoms with E-state index in [0.29, 0.717) is 12.0 Å². The predicted molar refractivity (Wildman–Crippen MR) is 144 cm³/mol. The smallest absolute Gasteiger partial charge is 0.344 e. The number of phenols is 1. The Morgan fingerprint density at radius 2 is 2.00 bits per heavy atom. The third kappa shape index (κ3) is 7.57. The van der Waals surface area contributed by atoms with Crippen molar-refractivity contribution in [2.75, 3.05) is 20.3 Å². The normalized spacial score (nSPS) is 22.2. The summed E-state index contributed by atoms with van der Waals surface area (Å²) in [6.45, 7) is 10.2. The van der Waals surface area contributed by atoms with Crippen molar-refractivity contribution in [3.8, 4) is 11.5 Å². The van der Waals surface area contributed by atoms with Gasteiger partial charge in [-0.15, -0.1) is 0 Å². The molecule has 2 aliphatic rings. The predicted octanol–water partition coefficient (Wildman–Crippen LogP) is 6.12. The lowest BCUT2D eigenvalue weighted by Gasteiger charge is -2.42. The Morgan fingerprint density at radius 1 is 1.26 bits per heavy atom. The number of allylic oxidation sites excluding steroid dienone is 3. The first-order chi connectivity index (χ1) is 18.0. The molecule has 0 heterocycles. The Kier molecular flexibility index (Phi) is 10.8. The van der Waals surface area contributed by atoms with Crippen LogP contribution in [0, 0.1) is 5.92 Å². The first kappa shape index (κ1) is 30.6. The second-order valence-corrected chi connectivity index (χ2v) is 12.0. The molecule has 8 nitrogen and oxygen atoms in total. The largest absolute Gasteiger partial charge is 0.756 e. The maximum Gasteiger partial charge on any atom is 0.344 e. The van der Waals surface area contributed by atoms with Crippen LogP contribution in [0.1, 0.15) is 89.2 Å². The average molecular weight is 550 g/mol. The molecule has 0 aromatic heterocycles. The Morgan fingerprint density at radius 3 is 2.61 bits per heavy atom. The molecular weight excluding hydrogens is 507 g/mol.